The molecule has 1 aromatic carbocycles. The molecule has 4 nitrogen and oxygen atoms in total. The molecule has 0 bridgehead atoms. The Morgan fingerprint density at radius 1 is 1.35 bits per heavy atom. The SMILES string of the molecule is CC1CC(c2cccc(F)c2)N(CCC(=O)N2CCNCC2)C1. The Labute approximate surface area is 137 Å². The van der Waals surface area contributed by atoms with Crippen molar-refractivity contribution >= 4 is 5.91 Å². The maximum absolute atomic E-state index is 13.5. The minimum Gasteiger partial charge on any atom is -0.340 e. The molecule has 2 fully saturated rings. The van der Waals surface area contributed by atoms with Gasteiger partial charge in [-0.15, -0.1) is 0 Å². The topological polar surface area (TPSA) is 35.6 Å². The van der Waals surface area contributed by atoms with Gasteiger partial charge in [-0.05, 0) is 30.0 Å². The molecule has 1 amide bonds. The summed E-state index contributed by atoms with van der Waals surface area (Å²) < 4.78 is 13.5. The summed E-state index contributed by atoms with van der Waals surface area (Å²) >= 11 is 0. The molecule has 3 rings (SSSR count). The van der Waals surface area contributed by atoms with Crippen LogP contribution in [0.5, 0.6) is 0 Å². The molecule has 126 valence electrons. The van der Waals surface area contributed by atoms with Gasteiger partial charge in [-0.1, -0.05) is 19.1 Å². The molecule has 23 heavy (non-hydrogen) atoms. The monoisotopic (exact) mass is 319 g/mol. The number of nitrogens with one attached hydrogen (secondary N) is 1. The second-order valence-corrected chi connectivity index (χ2v) is 6.79. The van der Waals surface area contributed by atoms with Gasteiger partial charge in [-0.2, -0.15) is 0 Å². The number of hydrogen-bond donors (Lipinski definition) is 1. The van der Waals surface area contributed by atoms with E-state index in [1.165, 1.54) is 6.07 Å². The molecule has 0 spiro atoms. The number of likely N-dealkylation sites (tertiary alicyclic amines) is 1. The van der Waals surface area contributed by atoms with Crippen molar-refractivity contribution in [2.75, 3.05) is 39.3 Å². The second-order valence-electron chi connectivity index (χ2n) is 6.79. The maximum Gasteiger partial charge on any atom is 0.223 e. The summed E-state index contributed by atoms with van der Waals surface area (Å²) in [6, 6.07) is 7.12. The average Bonchev–Trinajstić information content (AvgIpc) is 2.94. The van der Waals surface area contributed by atoms with E-state index in [1.54, 1.807) is 12.1 Å². The number of hydrogen-bond acceptors (Lipinski definition) is 3. The Bertz CT molecular complexity index is 545. The molecule has 2 aliphatic rings. The highest BCUT2D eigenvalue weighted by atomic mass is 19.1. The number of rotatable bonds is 4. The lowest BCUT2D eigenvalue weighted by Gasteiger charge is -2.29. The van der Waals surface area contributed by atoms with E-state index in [0.717, 1.165) is 51.3 Å². The van der Waals surface area contributed by atoms with Gasteiger partial charge < -0.3 is 10.2 Å². The van der Waals surface area contributed by atoms with Gasteiger partial charge >= 0.3 is 0 Å². The molecular formula is C18H26FN3O. The van der Waals surface area contributed by atoms with Crippen molar-refractivity contribution in [2.24, 2.45) is 5.92 Å². The van der Waals surface area contributed by atoms with E-state index in [4.69, 9.17) is 0 Å². The summed E-state index contributed by atoms with van der Waals surface area (Å²) in [5.41, 5.74) is 1.03. The van der Waals surface area contributed by atoms with E-state index >= 15 is 0 Å². The second kappa shape index (κ2) is 7.41. The van der Waals surface area contributed by atoms with Crippen LogP contribution in [0.15, 0.2) is 24.3 Å². The molecular weight excluding hydrogens is 293 g/mol. The molecule has 2 saturated heterocycles. The summed E-state index contributed by atoms with van der Waals surface area (Å²) in [4.78, 5) is 16.6. The van der Waals surface area contributed by atoms with Crippen LogP contribution in [-0.2, 0) is 4.79 Å². The zero-order valence-corrected chi connectivity index (χ0v) is 13.8. The van der Waals surface area contributed by atoms with Crippen molar-refractivity contribution in [2.45, 2.75) is 25.8 Å². The number of piperazine rings is 1. The van der Waals surface area contributed by atoms with Gasteiger partial charge in [-0.25, -0.2) is 4.39 Å². The normalized spacial score (nSPS) is 25.7. The minimum atomic E-state index is -0.182. The summed E-state index contributed by atoms with van der Waals surface area (Å²) in [6.07, 6.45) is 1.59. The quantitative estimate of drug-likeness (QED) is 0.922. The van der Waals surface area contributed by atoms with Crippen LogP contribution in [0.4, 0.5) is 4.39 Å². The van der Waals surface area contributed by atoms with E-state index in [2.05, 4.69) is 17.1 Å². The number of benzene rings is 1. The van der Waals surface area contributed by atoms with Crippen molar-refractivity contribution in [1.29, 1.82) is 0 Å². The zero-order chi connectivity index (χ0) is 16.2. The van der Waals surface area contributed by atoms with Crippen LogP contribution in [0.25, 0.3) is 0 Å². The molecule has 2 heterocycles. The van der Waals surface area contributed by atoms with Gasteiger partial charge in [0.25, 0.3) is 0 Å². The Hall–Kier alpha value is -1.46. The maximum atomic E-state index is 13.5. The number of carbonyl (C=O) groups is 1. The molecule has 2 atom stereocenters. The number of halogens is 1. The first-order valence-corrected chi connectivity index (χ1v) is 8.61. The fourth-order valence-electron chi connectivity index (χ4n) is 3.75. The third-order valence-corrected chi connectivity index (χ3v) is 4.93. The molecule has 2 aliphatic heterocycles. The summed E-state index contributed by atoms with van der Waals surface area (Å²) in [7, 11) is 0. The summed E-state index contributed by atoms with van der Waals surface area (Å²) in [5.74, 6) is 0.639. The third kappa shape index (κ3) is 4.09. The van der Waals surface area contributed by atoms with Gasteiger partial charge in [0.2, 0.25) is 5.91 Å². The Morgan fingerprint density at radius 2 is 2.13 bits per heavy atom. The molecule has 1 aromatic rings. The first-order chi connectivity index (χ1) is 11.1. The van der Waals surface area contributed by atoms with Crippen LogP contribution in [0.2, 0.25) is 0 Å². The van der Waals surface area contributed by atoms with Crippen molar-refractivity contribution in [3.8, 4) is 0 Å². The van der Waals surface area contributed by atoms with Gasteiger partial charge in [-0.3, -0.25) is 9.69 Å². The van der Waals surface area contributed by atoms with Crippen LogP contribution < -0.4 is 5.32 Å². The molecule has 5 heteroatoms. The third-order valence-electron chi connectivity index (χ3n) is 4.93. The van der Waals surface area contributed by atoms with E-state index in [-0.39, 0.29) is 17.8 Å². The van der Waals surface area contributed by atoms with Crippen molar-refractivity contribution in [1.82, 2.24) is 15.1 Å². The fraction of sp³-hybridized carbons (Fsp3) is 0.611. The van der Waals surface area contributed by atoms with Crippen molar-refractivity contribution in [3.05, 3.63) is 35.6 Å². The molecule has 0 radical (unpaired) electrons. The number of nitrogens with zero attached hydrogens (tertiary/aromatic N) is 2. The lowest BCUT2D eigenvalue weighted by molar-refractivity contribution is -0.132. The molecule has 2 unspecified atom stereocenters. The highest BCUT2D eigenvalue weighted by molar-refractivity contribution is 5.76. The molecule has 0 saturated carbocycles. The van der Waals surface area contributed by atoms with Crippen LogP contribution in [0.3, 0.4) is 0 Å². The predicted molar refractivity (Wildman–Crippen MR) is 88.6 cm³/mol. The zero-order valence-electron chi connectivity index (χ0n) is 13.8. The van der Waals surface area contributed by atoms with E-state index < -0.39 is 0 Å². The number of amides is 1. The van der Waals surface area contributed by atoms with E-state index in [1.807, 2.05) is 11.0 Å². The fourth-order valence-corrected chi connectivity index (χ4v) is 3.75. The first kappa shape index (κ1) is 16.4. The highest BCUT2D eigenvalue weighted by Crippen LogP contribution is 2.35. The van der Waals surface area contributed by atoms with Gasteiger partial charge in [0.15, 0.2) is 0 Å². The lowest BCUT2D eigenvalue weighted by Crippen LogP contribution is -2.47. The van der Waals surface area contributed by atoms with Crippen LogP contribution in [-0.4, -0.2) is 55.0 Å². The smallest absolute Gasteiger partial charge is 0.223 e. The summed E-state index contributed by atoms with van der Waals surface area (Å²) in [6.45, 7) is 7.36. The van der Waals surface area contributed by atoms with Crippen molar-refractivity contribution < 1.29 is 9.18 Å². The Balaban J connectivity index is 1.60. The van der Waals surface area contributed by atoms with Crippen LogP contribution >= 0.6 is 0 Å². The largest absolute Gasteiger partial charge is 0.340 e. The van der Waals surface area contributed by atoms with Crippen LogP contribution in [0, 0.1) is 11.7 Å². The van der Waals surface area contributed by atoms with Gasteiger partial charge in [0.05, 0.1) is 0 Å². The Kier molecular flexibility index (Phi) is 5.28. The predicted octanol–water partition coefficient (Wildman–Crippen LogP) is 2.03. The van der Waals surface area contributed by atoms with E-state index in [9.17, 15) is 9.18 Å². The first-order valence-electron chi connectivity index (χ1n) is 8.61. The average molecular weight is 319 g/mol. The molecule has 0 aliphatic carbocycles. The Morgan fingerprint density at radius 3 is 2.87 bits per heavy atom. The minimum absolute atomic E-state index is 0.182. The standard InChI is InChI=1S/C18H26FN3O/c1-14-11-17(15-3-2-4-16(19)12-15)22(13-14)8-5-18(23)21-9-6-20-7-10-21/h2-4,12,14,17,20H,5-11,13H2,1H3. The lowest BCUT2D eigenvalue weighted by atomic mass is 10.0. The summed E-state index contributed by atoms with van der Waals surface area (Å²) in [5, 5.41) is 3.27. The molecule has 1 N–H and O–H groups in total. The highest BCUT2D eigenvalue weighted by Gasteiger charge is 2.31. The van der Waals surface area contributed by atoms with Crippen molar-refractivity contribution in [3.63, 3.8) is 0 Å². The van der Waals surface area contributed by atoms with E-state index in [0.29, 0.717) is 12.3 Å². The van der Waals surface area contributed by atoms with Gasteiger partial charge in [0, 0.05) is 51.7 Å². The molecule has 0 aromatic heterocycles. The number of carbonyl (C=O) groups excluding carboxylic acids is 1. The van der Waals surface area contributed by atoms with Crippen LogP contribution in [0.1, 0.15) is 31.4 Å². The van der Waals surface area contributed by atoms with Gasteiger partial charge in [0.1, 0.15) is 5.82 Å².